The lowest BCUT2D eigenvalue weighted by atomic mass is 10.1. The van der Waals surface area contributed by atoms with Crippen molar-refractivity contribution in [3.63, 3.8) is 0 Å². The maximum absolute atomic E-state index is 12.8. The van der Waals surface area contributed by atoms with Gasteiger partial charge in [0.05, 0.1) is 18.5 Å². The van der Waals surface area contributed by atoms with E-state index in [0.29, 0.717) is 33.4 Å². The standard InChI is InChI=1S/C27H29Cl2N3O3S/c1-36(34,35)32(19-24-25(28)9-6-10-26(24)29)23-13-11-20(12-14-23)27(33)30-17-21-7-2-3-8-22(21)18-31-15-4-5-16-31/h2-3,6-14H,4-5,15-19H2,1H3,(H,30,33). The molecule has 3 aromatic rings. The summed E-state index contributed by atoms with van der Waals surface area (Å²) >= 11 is 12.5. The van der Waals surface area contributed by atoms with Crippen molar-refractivity contribution in [2.24, 2.45) is 0 Å². The second-order valence-electron chi connectivity index (χ2n) is 8.95. The SMILES string of the molecule is CS(=O)(=O)N(Cc1c(Cl)cccc1Cl)c1ccc(C(=O)NCc2ccccc2CN2CCCC2)cc1. The summed E-state index contributed by atoms with van der Waals surface area (Å²) in [6.07, 6.45) is 3.59. The highest BCUT2D eigenvalue weighted by molar-refractivity contribution is 7.92. The Morgan fingerprint density at radius 3 is 2.14 bits per heavy atom. The maximum atomic E-state index is 12.8. The fourth-order valence-electron chi connectivity index (χ4n) is 4.35. The van der Waals surface area contributed by atoms with Crippen LogP contribution in [0.1, 0.15) is 39.9 Å². The molecule has 6 nitrogen and oxygen atoms in total. The van der Waals surface area contributed by atoms with Gasteiger partial charge in [0.15, 0.2) is 0 Å². The number of hydrogen-bond acceptors (Lipinski definition) is 4. The third kappa shape index (κ3) is 6.59. The van der Waals surface area contributed by atoms with Gasteiger partial charge in [-0.05, 0) is 73.5 Å². The van der Waals surface area contributed by atoms with E-state index in [0.717, 1.165) is 31.5 Å². The molecule has 1 saturated heterocycles. The summed E-state index contributed by atoms with van der Waals surface area (Å²) in [5.74, 6) is -0.224. The maximum Gasteiger partial charge on any atom is 0.251 e. The van der Waals surface area contributed by atoms with Crippen LogP contribution in [-0.2, 0) is 29.7 Å². The number of likely N-dealkylation sites (tertiary alicyclic amines) is 1. The Labute approximate surface area is 222 Å². The molecule has 190 valence electrons. The number of carbonyl (C=O) groups is 1. The van der Waals surface area contributed by atoms with E-state index in [4.69, 9.17) is 23.2 Å². The van der Waals surface area contributed by atoms with Gasteiger partial charge < -0.3 is 5.32 Å². The summed E-state index contributed by atoms with van der Waals surface area (Å²) < 4.78 is 26.3. The van der Waals surface area contributed by atoms with Gasteiger partial charge in [0.1, 0.15) is 0 Å². The number of carbonyl (C=O) groups excluding carboxylic acids is 1. The Hall–Kier alpha value is -2.58. The molecule has 1 heterocycles. The summed E-state index contributed by atoms with van der Waals surface area (Å²) in [6, 6.07) is 19.7. The third-order valence-electron chi connectivity index (χ3n) is 6.33. The molecular formula is C27H29Cl2N3O3S. The van der Waals surface area contributed by atoms with E-state index in [1.54, 1.807) is 42.5 Å². The Bertz CT molecular complexity index is 1300. The van der Waals surface area contributed by atoms with Crippen molar-refractivity contribution < 1.29 is 13.2 Å². The number of nitrogens with zero attached hydrogens (tertiary/aromatic N) is 2. The van der Waals surface area contributed by atoms with E-state index >= 15 is 0 Å². The van der Waals surface area contributed by atoms with E-state index in [-0.39, 0.29) is 12.5 Å². The highest BCUT2D eigenvalue weighted by Crippen LogP contribution is 2.29. The molecule has 9 heteroatoms. The molecule has 1 aliphatic rings. The molecule has 1 amide bonds. The van der Waals surface area contributed by atoms with Gasteiger partial charge in [-0.15, -0.1) is 0 Å². The molecule has 36 heavy (non-hydrogen) atoms. The van der Waals surface area contributed by atoms with Crippen molar-refractivity contribution >= 4 is 44.8 Å². The molecule has 1 fully saturated rings. The van der Waals surface area contributed by atoms with Crippen molar-refractivity contribution in [1.29, 1.82) is 0 Å². The minimum atomic E-state index is -3.63. The molecule has 1 N–H and O–H groups in total. The minimum absolute atomic E-state index is 0.0172. The lowest BCUT2D eigenvalue weighted by Gasteiger charge is -2.24. The quantitative estimate of drug-likeness (QED) is 0.386. The Kier molecular flexibility index (Phi) is 8.57. The van der Waals surface area contributed by atoms with E-state index < -0.39 is 10.0 Å². The second kappa shape index (κ2) is 11.6. The Morgan fingerprint density at radius 1 is 0.917 bits per heavy atom. The molecule has 0 atom stereocenters. The predicted octanol–water partition coefficient (Wildman–Crippen LogP) is 5.49. The number of hydrogen-bond donors (Lipinski definition) is 1. The lowest BCUT2D eigenvalue weighted by Crippen LogP contribution is -2.29. The van der Waals surface area contributed by atoms with Gasteiger partial charge in [0, 0.05) is 34.3 Å². The van der Waals surface area contributed by atoms with Gasteiger partial charge in [-0.3, -0.25) is 14.0 Å². The van der Waals surface area contributed by atoms with Crippen LogP contribution < -0.4 is 9.62 Å². The van der Waals surface area contributed by atoms with Crippen LogP contribution in [-0.4, -0.2) is 38.6 Å². The molecule has 3 aromatic carbocycles. The highest BCUT2D eigenvalue weighted by atomic mass is 35.5. The lowest BCUT2D eigenvalue weighted by molar-refractivity contribution is 0.0950. The number of nitrogens with one attached hydrogen (secondary N) is 1. The van der Waals surface area contributed by atoms with Gasteiger partial charge in [-0.1, -0.05) is 53.5 Å². The average Bonchev–Trinajstić information content (AvgIpc) is 3.36. The van der Waals surface area contributed by atoms with E-state index in [1.165, 1.54) is 22.7 Å². The molecule has 0 bridgehead atoms. The van der Waals surface area contributed by atoms with Gasteiger partial charge >= 0.3 is 0 Å². The second-order valence-corrected chi connectivity index (χ2v) is 11.7. The fraction of sp³-hybridized carbons (Fsp3) is 0.296. The van der Waals surface area contributed by atoms with Gasteiger partial charge in [-0.25, -0.2) is 8.42 Å². The monoisotopic (exact) mass is 545 g/mol. The third-order valence-corrected chi connectivity index (χ3v) is 8.18. The van der Waals surface area contributed by atoms with Crippen molar-refractivity contribution in [3.8, 4) is 0 Å². The zero-order valence-corrected chi connectivity index (χ0v) is 22.4. The van der Waals surface area contributed by atoms with E-state index in [9.17, 15) is 13.2 Å². The molecule has 0 saturated carbocycles. The topological polar surface area (TPSA) is 69.7 Å². The normalized spacial score (nSPS) is 14.1. The molecule has 0 aromatic heterocycles. The number of amides is 1. The van der Waals surface area contributed by atoms with Crippen LogP contribution in [0, 0.1) is 0 Å². The zero-order valence-electron chi connectivity index (χ0n) is 20.1. The molecule has 0 radical (unpaired) electrons. The van der Waals surface area contributed by atoms with Gasteiger partial charge in [-0.2, -0.15) is 0 Å². The first-order valence-electron chi connectivity index (χ1n) is 11.8. The molecule has 4 rings (SSSR count). The molecule has 0 unspecified atom stereocenters. The molecule has 1 aliphatic heterocycles. The largest absolute Gasteiger partial charge is 0.348 e. The van der Waals surface area contributed by atoms with Crippen LogP contribution in [0.3, 0.4) is 0 Å². The Morgan fingerprint density at radius 2 is 1.53 bits per heavy atom. The summed E-state index contributed by atoms with van der Waals surface area (Å²) in [4.78, 5) is 15.3. The van der Waals surface area contributed by atoms with Crippen molar-refractivity contribution in [3.05, 3.63) is 99.0 Å². The summed E-state index contributed by atoms with van der Waals surface area (Å²) in [5, 5.41) is 3.76. The van der Waals surface area contributed by atoms with E-state index in [2.05, 4.69) is 16.3 Å². The average molecular weight is 547 g/mol. The van der Waals surface area contributed by atoms with Crippen molar-refractivity contribution in [2.75, 3.05) is 23.7 Å². The first kappa shape index (κ1) is 26.5. The van der Waals surface area contributed by atoms with Gasteiger partial charge in [0.2, 0.25) is 10.0 Å². The predicted molar refractivity (Wildman–Crippen MR) is 146 cm³/mol. The van der Waals surface area contributed by atoms with E-state index in [1.807, 2.05) is 18.2 Å². The first-order chi connectivity index (χ1) is 17.2. The number of benzene rings is 3. The minimum Gasteiger partial charge on any atom is -0.348 e. The summed E-state index contributed by atoms with van der Waals surface area (Å²) in [6.45, 7) is 3.51. The smallest absolute Gasteiger partial charge is 0.251 e. The van der Waals surface area contributed by atoms with Crippen LogP contribution >= 0.6 is 23.2 Å². The highest BCUT2D eigenvalue weighted by Gasteiger charge is 2.21. The summed E-state index contributed by atoms with van der Waals surface area (Å²) in [7, 11) is -3.63. The fourth-order valence-corrected chi connectivity index (χ4v) is 5.73. The number of halogens is 2. The van der Waals surface area contributed by atoms with Gasteiger partial charge in [0.25, 0.3) is 5.91 Å². The Balaban J connectivity index is 1.45. The number of anilines is 1. The van der Waals surface area contributed by atoms with Crippen LogP contribution in [0.2, 0.25) is 10.0 Å². The first-order valence-corrected chi connectivity index (χ1v) is 14.4. The van der Waals surface area contributed by atoms with Crippen LogP contribution in [0.5, 0.6) is 0 Å². The van der Waals surface area contributed by atoms with Crippen LogP contribution in [0.25, 0.3) is 0 Å². The number of sulfonamides is 1. The number of rotatable bonds is 9. The van der Waals surface area contributed by atoms with Crippen molar-refractivity contribution in [1.82, 2.24) is 10.2 Å². The van der Waals surface area contributed by atoms with Crippen LogP contribution in [0.4, 0.5) is 5.69 Å². The molecule has 0 spiro atoms. The summed E-state index contributed by atoms with van der Waals surface area (Å²) in [5.41, 5.74) is 3.69. The van der Waals surface area contributed by atoms with Crippen LogP contribution in [0.15, 0.2) is 66.7 Å². The zero-order chi connectivity index (χ0) is 25.7. The molecular weight excluding hydrogens is 517 g/mol. The van der Waals surface area contributed by atoms with Crippen molar-refractivity contribution in [2.45, 2.75) is 32.5 Å². The molecule has 0 aliphatic carbocycles.